The van der Waals surface area contributed by atoms with Crippen LogP contribution in [-0.2, 0) is 4.74 Å². The summed E-state index contributed by atoms with van der Waals surface area (Å²) in [5, 5.41) is 6.64. The number of rotatable bonds is 1. The molecule has 0 radical (unpaired) electrons. The van der Waals surface area contributed by atoms with Crippen LogP contribution < -0.4 is 5.73 Å². The molecular weight excluding hydrogens is 80.0 g/mol. The van der Waals surface area contributed by atoms with Gasteiger partial charge in [-0.2, -0.15) is 0 Å². The Morgan fingerprint density at radius 2 is 2.50 bits per heavy atom. The molecule has 0 amide bonds. The number of nitrogens with one attached hydrogen (secondary N) is 1. The first-order chi connectivity index (χ1) is 2.81. The third kappa shape index (κ3) is 1.72. The highest BCUT2D eigenvalue weighted by atomic mass is 16.5. The molecule has 36 valence electrons. The van der Waals surface area contributed by atoms with Gasteiger partial charge in [-0.1, -0.05) is 0 Å². The molecule has 0 saturated heterocycles. The zero-order valence-electron chi connectivity index (χ0n) is 3.69. The van der Waals surface area contributed by atoms with Gasteiger partial charge in [-0.25, -0.2) is 0 Å². The third-order valence-electron chi connectivity index (χ3n) is 0.432. The molecule has 3 N–H and O–H groups in total. The monoisotopic (exact) mass is 88.1 g/mol. The van der Waals surface area contributed by atoms with Gasteiger partial charge in [-0.3, -0.25) is 5.41 Å². The first-order valence-corrected chi connectivity index (χ1v) is 1.62. The van der Waals surface area contributed by atoms with Gasteiger partial charge in [-0.15, -0.1) is 0 Å². The normalized spacial score (nSPS) is 7.67. The van der Waals surface area contributed by atoms with Gasteiger partial charge in [0.2, 0.25) is 0 Å². The molecule has 0 bridgehead atoms. The van der Waals surface area contributed by atoms with E-state index in [4.69, 9.17) is 11.1 Å². The lowest BCUT2D eigenvalue weighted by molar-refractivity contribution is 0.392. The van der Waals surface area contributed by atoms with Gasteiger partial charge in [0.05, 0.1) is 13.7 Å². The van der Waals surface area contributed by atoms with E-state index in [2.05, 4.69) is 4.74 Å². The van der Waals surface area contributed by atoms with Gasteiger partial charge in [-0.05, 0) is 0 Å². The van der Waals surface area contributed by atoms with Crippen LogP contribution in [0.1, 0.15) is 0 Å². The molecule has 0 aromatic carbocycles. The van der Waals surface area contributed by atoms with Gasteiger partial charge < -0.3 is 10.5 Å². The molecule has 0 spiro atoms. The van der Waals surface area contributed by atoms with Crippen molar-refractivity contribution in [2.75, 3.05) is 13.7 Å². The summed E-state index contributed by atoms with van der Waals surface area (Å²) in [5.41, 5.74) is 4.93. The molecule has 6 heavy (non-hydrogen) atoms. The maximum absolute atomic E-state index is 6.64. The summed E-state index contributed by atoms with van der Waals surface area (Å²) >= 11 is 0. The number of hydrogen-bond donors (Lipinski definition) is 2. The van der Waals surface area contributed by atoms with E-state index in [1.165, 1.54) is 7.11 Å². The molecule has 0 saturated carbocycles. The Bertz CT molecular complexity index is 46.8. The molecular formula is C3H8N2O. The van der Waals surface area contributed by atoms with Crippen LogP contribution in [-0.4, -0.2) is 19.6 Å². The SMILES string of the molecule is COC(=N)CN. The van der Waals surface area contributed by atoms with Crippen LogP contribution in [0.2, 0.25) is 0 Å². The van der Waals surface area contributed by atoms with Crippen molar-refractivity contribution < 1.29 is 4.74 Å². The van der Waals surface area contributed by atoms with Gasteiger partial charge >= 0.3 is 0 Å². The zero-order valence-corrected chi connectivity index (χ0v) is 3.69. The van der Waals surface area contributed by atoms with Gasteiger partial charge in [0.1, 0.15) is 0 Å². The van der Waals surface area contributed by atoms with Gasteiger partial charge in [0.25, 0.3) is 0 Å². The first-order valence-electron chi connectivity index (χ1n) is 1.62. The van der Waals surface area contributed by atoms with Crippen LogP contribution in [0.3, 0.4) is 0 Å². The third-order valence-corrected chi connectivity index (χ3v) is 0.432. The Morgan fingerprint density at radius 3 is 2.50 bits per heavy atom. The topological polar surface area (TPSA) is 59.1 Å². The molecule has 3 heteroatoms. The van der Waals surface area contributed by atoms with E-state index >= 15 is 0 Å². The van der Waals surface area contributed by atoms with Crippen LogP contribution in [0.4, 0.5) is 0 Å². The van der Waals surface area contributed by atoms with E-state index < -0.39 is 0 Å². The summed E-state index contributed by atoms with van der Waals surface area (Å²) < 4.78 is 4.36. The lowest BCUT2D eigenvalue weighted by atomic mass is 10.7. The highest BCUT2D eigenvalue weighted by Gasteiger charge is 1.81. The quantitative estimate of drug-likeness (QED) is 0.337. The Balaban J connectivity index is 2.99. The fourth-order valence-corrected chi connectivity index (χ4v) is 0.0833. The molecule has 0 aliphatic carbocycles. The van der Waals surface area contributed by atoms with Crippen LogP contribution in [0, 0.1) is 5.41 Å². The lowest BCUT2D eigenvalue weighted by Gasteiger charge is -1.92. The Kier molecular flexibility index (Phi) is 2.40. The van der Waals surface area contributed by atoms with Gasteiger partial charge in [0.15, 0.2) is 5.90 Å². The second kappa shape index (κ2) is 2.66. The Labute approximate surface area is 36.6 Å². The molecule has 0 aliphatic rings. The number of methoxy groups -OCH3 is 1. The van der Waals surface area contributed by atoms with Crippen molar-refractivity contribution >= 4 is 5.90 Å². The Hall–Kier alpha value is -0.570. The molecule has 0 rings (SSSR count). The molecule has 0 atom stereocenters. The molecule has 0 aliphatic heterocycles. The summed E-state index contributed by atoms with van der Waals surface area (Å²) in [6.07, 6.45) is 0. The van der Waals surface area contributed by atoms with Crippen molar-refractivity contribution in [3.8, 4) is 0 Å². The van der Waals surface area contributed by atoms with E-state index in [-0.39, 0.29) is 12.4 Å². The second-order valence-electron chi connectivity index (χ2n) is 0.831. The smallest absolute Gasteiger partial charge is 0.194 e. The second-order valence-corrected chi connectivity index (χ2v) is 0.831. The maximum atomic E-state index is 6.64. The molecule has 0 heterocycles. The van der Waals surface area contributed by atoms with E-state index in [0.717, 1.165) is 0 Å². The van der Waals surface area contributed by atoms with Crippen molar-refractivity contribution in [2.45, 2.75) is 0 Å². The van der Waals surface area contributed by atoms with Crippen molar-refractivity contribution in [3.05, 3.63) is 0 Å². The van der Waals surface area contributed by atoms with Crippen LogP contribution in [0.25, 0.3) is 0 Å². The van der Waals surface area contributed by atoms with Crippen molar-refractivity contribution in [1.82, 2.24) is 0 Å². The van der Waals surface area contributed by atoms with Crippen LogP contribution in [0.5, 0.6) is 0 Å². The van der Waals surface area contributed by atoms with E-state index in [1.807, 2.05) is 0 Å². The first kappa shape index (κ1) is 5.43. The van der Waals surface area contributed by atoms with E-state index in [9.17, 15) is 0 Å². The Morgan fingerprint density at radius 1 is 2.00 bits per heavy atom. The summed E-state index contributed by atoms with van der Waals surface area (Å²) in [6.45, 7) is 0.191. The predicted molar refractivity (Wildman–Crippen MR) is 23.8 cm³/mol. The van der Waals surface area contributed by atoms with Gasteiger partial charge in [0, 0.05) is 0 Å². The van der Waals surface area contributed by atoms with Crippen molar-refractivity contribution in [3.63, 3.8) is 0 Å². The molecule has 3 nitrogen and oxygen atoms in total. The van der Waals surface area contributed by atoms with Crippen LogP contribution in [0.15, 0.2) is 0 Å². The number of hydrogen-bond acceptors (Lipinski definition) is 3. The largest absolute Gasteiger partial charge is 0.484 e. The molecule has 0 fully saturated rings. The van der Waals surface area contributed by atoms with Crippen molar-refractivity contribution in [2.24, 2.45) is 5.73 Å². The molecule has 0 unspecified atom stereocenters. The minimum atomic E-state index is 0.120. The minimum Gasteiger partial charge on any atom is -0.484 e. The summed E-state index contributed by atoms with van der Waals surface area (Å²) in [5.74, 6) is 0.120. The van der Waals surface area contributed by atoms with Crippen molar-refractivity contribution in [1.29, 1.82) is 5.41 Å². The maximum Gasteiger partial charge on any atom is 0.194 e. The fraction of sp³-hybridized carbons (Fsp3) is 0.667. The number of ether oxygens (including phenoxy) is 1. The average molecular weight is 88.1 g/mol. The average Bonchev–Trinajstić information content (AvgIpc) is 1.65. The van der Waals surface area contributed by atoms with E-state index in [1.54, 1.807) is 0 Å². The van der Waals surface area contributed by atoms with E-state index in [0.29, 0.717) is 0 Å². The highest BCUT2D eigenvalue weighted by molar-refractivity contribution is 5.74. The van der Waals surface area contributed by atoms with Crippen LogP contribution >= 0.6 is 0 Å². The summed E-state index contributed by atoms with van der Waals surface area (Å²) in [4.78, 5) is 0. The predicted octanol–water partition coefficient (Wildman–Crippen LogP) is -0.431. The molecule has 0 aromatic rings. The fourth-order valence-electron chi connectivity index (χ4n) is 0.0833. The molecule has 0 aromatic heterocycles. The highest BCUT2D eigenvalue weighted by Crippen LogP contribution is 1.62. The standard InChI is InChI=1S/C3H8N2O/c1-6-3(5)2-4/h5H,2,4H2,1H3. The summed E-state index contributed by atoms with van der Waals surface area (Å²) in [7, 11) is 1.43. The lowest BCUT2D eigenvalue weighted by Crippen LogP contribution is -2.13. The summed E-state index contributed by atoms with van der Waals surface area (Å²) in [6, 6.07) is 0. The minimum absolute atomic E-state index is 0.120. The zero-order chi connectivity index (χ0) is 4.99. The number of nitrogens with two attached hydrogens (primary N) is 1.